The molecule has 0 aliphatic rings. The number of nitriles is 1. The molecule has 0 radical (unpaired) electrons. The molecule has 90 valence electrons. The average molecular weight is 269 g/mol. The second-order valence-corrected chi connectivity index (χ2v) is 4.79. The molecule has 1 rings (SSSR count). The van der Waals surface area contributed by atoms with Gasteiger partial charge in [-0.05, 0) is 43.8 Å². The van der Waals surface area contributed by atoms with Crippen LogP contribution >= 0.6 is 23.4 Å². The second kappa shape index (κ2) is 6.53. The fourth-order valence-corrected chi connectivity index (χ4v) is 2.59. The Morgan fingerprint density at radius 1 is 1.41 bits per heavy atom. The summed E-state index contributed by atoms with van der Waals surface area (Å²) in [5.74, 6) is 0. The molecule has 3 nitrogen and oxygen atoms in total. The Balaban J connectivity index is 2.85. The minimum absolute atomic E-state index is 0.0267. The lowest BCUT2D eigenvalue weighted by Gasteiger charge is -2.17. The van der Waals surface area contributed by atoms with Crippen molar-refractivity contribution in [1.29, 1.82) is 5.26 Å². The van der Waals surface area contributed by atoms with Crippen molar-refractivity contribution < 1.29 is 4.79 Å². The van der Waals surface area contributed by atoms with Gasteiger partial charge in [-0.3, -0.25) is 4.79 Å². The van der Waals surface area contributed by atoms with Gasteiger partial charge in [0.2, 0.25) is 0 Å². The third-order valence-corrected chi connectivity index (χ3v) is 3.35. The molecule has 1 aromatic rings. The number of carbonyl (C=O) groups is 1. The van der Waals surface area contributed by atoms with E-state index in [1.54, 1.807) is 23.1 Å². The summed E-state index contributed by atoms with van der Waals surface area (Å²) in [4.78, 5) is 14.3. The molecular formula is C12H13ClN2OS. The van der Waals surface area contributed by atoms with Gasteiger partial charge in [0.05, 0.1) is 11.6 Å². The minimum Gasteiger partial charge on any atom is -0.334 e. The van der Waals surface area contributed by atoms with Crippen molar-refractivity contribution in [3.8, 4) is 6.07 Å². The van der Waals surface area contributed by atoms with E-state index < -0.39 is 0 Å². The van der Waals surface area contributed by atoms with Crippen molar-refractivity contribution in [3.05, 3.63) is 28.8 Å². The standard InChI is InChI=1S/C12H13ClN2OS/c1-3-15(4-2)12(16)17-11-6-9(8-14)5-10(13)7-11/h5-7H,3-4H2,1-2H3. The molecular weight excluding hydrogens is 256 g/mol. The predicted molar refractivity (Wildman–Crippen MR) is 70.3 cm³/mol. The minimum atomic E-state index is -0.0267. The molecule has 0 saturated carbocycles. The number of benzene rings is 1. The Morgan fingerprint density at radius 2 is 2.06 bits per heavy atom. The molecule has 0 fully saturated rings. The molecule has 5 heteroatoms. The van der Waals surface area contributed by atoms with Crippen LogP contribution in [0.5, 0.6) is 0 Å². The topological polar surface area (TPSA) is 44.1 Å². The van der Waals surface area contributed by atoms with Crippen LogP contribution in [0.1, 0.15) is 19.4 Å². The highest BCUT2D eigenvalue weighted by Crippen LogP contribution is 2.26. The Hall–Kier alpha value is -1.18. The summed E-state index contributed by atoms with van der Waals surface area (Å²) in [5.41, 5.74) is 0.465. The molecule has 0 aromatic heterocycles. The largest absolute Gasteiger partial charge is 0.334 e. The zero-order valence-electron chi connectivity index (χ0n) is 9.74. The third kappa shape index (κ3) is 3.95. The highest BCUT2D eigenvalue weighted by molar-refractivity contribution is 8.13. The quantitative estimate of drug-likeness (QED) is 0.784. The summed E-state index contributed by atoms with van der Waals surface area (Å²) in [7, 11) is 0. The van der Waals surface area contributed by atoms with Crippen LogP contribution in [0.4, 0.5) is 4.79 Å². The summed E-state index contributed by atoms with van der Waals surface area (Å²) >= 11 is 6.97. The van der Waals surface area contributed by atoms with Crippen LogP contribution in [0.2, 0.25) is 5.02 Å². The van der Waals surface area contributed by atoms with E-state index in [-0.39, 0.29) is 5.24 Å². The van der Waals surface area contributed by atoms with Crippen molar-refractivity contribution in [3.63, 3.8) is 0 Å². The first-order valence-corrected chi connectivity index (χ1v) is 6.47. The first-order chi connectivity index (χ1) is 8.10. The summed E-state index contributed by atoms with van der Waals surface area (Å²) in [6, 6.07) is 6.95. The number of hydrogen-bond acceptors (Lipinski definition) is 3. The molecule has 0 N–H and O–H groups in total. The zero-order chi connectivity index (χ0) is 12.8. The van der Waals surface area contributed by atoms with Crippen LogP contribution in [0.3, 0.4) is 0 Å². The van der Waals surface area contributed by atoms with Crippen LogP contribution in [0.25, 0.3) is 0 Å². The van der Waals surface area contributed by atoms with Crippen LogP contribution in [0, 0.1) is 11.3 Å². The van der Waals surface area contributed by atoms with Crippen molar-refractivity contribution >= 4 is 28.6 Å². The van der Waals surface area contributed by atoms with Crippen molar-refractivity contribution in [1.82, 2.24) is 4.90 Å². The first-order valence-electron chi connectivity index (χ1n) is 5.28. The van der Waals surface area contributed by atoms with Crippen LogP contribution in [-0.2, 0) is 0 Å². The zero-order valence-corrected chi connectivity index (χ0v) is 11.3. The molecule has 0 bridgehead atoms. The molecule has 0 aliphatic heterocycles. The van der Waals surface area contributed by atoms with Crippen LogP contribution < -0.4 is 0 Å². The fraction of sp³-hybridized carbons (Fsp3) is 0.333. The van der Waals surface area contributed by atoms with E-state index in [1.165, 1.54) is 0 Å². The molecule has 0 heterocycles. The number of rotatable bonds is 3. The molecule has 0 aliphatic carbocycles. The lowest BCUT2D eigenvalue weighted by Crippen LogP contribution is -2.26. The van der Waals surface area contributed by atoms with Crippen LogP contribution in [0.15, 0.2) is 23.1 Å². The van der Waals surface area contributed by atoms with Crippen LogP contribution in [-0.4, -0.2) is 23.2 Å². The van der Waals surface area contributed by atoms with Gasteiger partial charge < -0.3 is 4.90 Å². The van der Waals surface area contributed by atoms with Crippen molar-refractivity contribution in [2.75, 3.05) is 13.1 Å². The second-order valence-electron chi connectivity index (χ2n) is 3.33. The van der Waals surface area contributed by atoms with E-state index in [4.69, 9.17) is 16.9 Å². The molecule has 0 atom stereocenters. The van der Waals surface area contributed by atoms with Gasteiger partial charge in [-0.1, -0.05) is 11.6 Å². The Kier molecular flexibility index (Phi) is 5.33. The highest BCUT2D eigenvalue weighted by Gasteiger charge is 2.12. The van der Waals surface area contributed by atoms with Gasteiger partial charge in [0, 0.05) is 23.0 Å². The fourth-order valence-electron chi connectivity index (χ4n) is 1.33. The molecule has 0 unspecified atom stereocenters. The maximum Gasteiger partial charge on any atom is 0.286 e. The van der Waals surface area contributed by atoms with E-state index in [0.29, 0.717) is 28.6 Å². The maximum absolute atomic E-state index is 11.8. The smallest absolute Gasteiger partial charge is 0.286 e. The van der Waals surface area contributed by atoms with E-state index in [9.17, 15) is 4.79 Å². The van der Waals surface area contributed by atoms with E-state index in [2.05, 4.69) is 0 Å². The molecule has 0 saturated heterocycles. The molecule has 17 heavy (non-hydrogen) atoms. The maximum atomic E-state index is 11.8. The van der Waals surface area contributed by atoms with Crippen molar-refractivity contribution in [2.45, 2.75) is 18.7 Å². The Bertz CT molecular complexity index is 452. The lowest BCUT2D eigenvalue weighted by atomic mass is 10.2. The molecule has 0 spiro atoms. The number of halogens is 1. The van der Waals surface area contributed by atoms with Gasteiger partial charge in [0.1, 0.15) is 0 Å². The van der Waals surface area contributed by atoms with Gasteiger partial charge in [-0.2, -0.15) is 5.26 Å². The summed E-state index contributed by atoms with van der Waals surface area (Å²) in [5, 5.41) is 9.25. The van der Waals surface area contributed by atoms with Crippen molar-refractivity contribution in [2.24, 2.45) is 0 Å². The average Bonchev–Trinajstić information content (AvgIpc) is 2.29. The third-order valence-electron chi connectivity index (χ3n) is 2.23. The summed E-state index contributed by atoms with van der Waals surface area (Å²) in [6.07, 6.45) is 0. The number of carbonyl (C=O) groups excluding carboxylic acids is 1. The number of amides is 1. The van der Waals surface area contributed by atoms with E-state index in [1.807, 2.05) is 19.9 Å². The number of thioether (sulfide) groups is 1. The SMILES string of the molecule is CCN(CC)C(=O)Sc1cc(Cl)cc(C#N)c1. The van der Waals surface area contributed by atoms with Gasteiger partial charge >= 0.3 is 0 Å². The summed E-state index contributed by atoms with van der Waals surface area (Å²) in [6.45, 7) is 5.21. The Morgan fingerprint density at radius 3 is 2.59 bits per heavy atom. The van der Waals surface area contributed by atoms with Gasteiger partial charge in [-0.15, -0.1) is 0 Å². The lowest BCUT2D eigenvalue weighted by molar-refractivity contribution is 0.228. The van der Waals surface area contributed by atoms with Gasteiger partial charge in [0.25, 0.3) is 5.24 Å². The monoisotopic (exact) mass is 268 g/mol. The normalized spacial score (nSPS) is 9.76. The Labute approximate surface area is 110 Å². The predicted octanol–water partition coefficient (Wildman–Crippen LogP) is 3.77. The highest BCUT2D eigenvalue weighted by atomic mass is 35.5. The first kappa shape index (κ1) is 13.9. The van der Waals surface area contributed by atoms with E-state index >= 15 is 0 Å². The van der Waals surface area contributed by atoms with E-state index in [0.717, 1.165) is 11.8 Å². The number of nitrogens with zero attached hydrogens (tertiary/aromatic N) is 2. The van der Waals surface area contributed by atoms with Gasteiger partial charge in [-0.25, -0.2) is 0 Å². The molecule has 1 aromatic carbocycles. The molecule has 1 amide bonds. The van der Waals surface area contributed by atoms with Gasteiger partial charge in [0.15, 0.2) is 0 Å². The summed E-state index contributed by atoms with van der Waals surface area (Å²) < 4.78 is 0. The number of hydrogen-bond donors (Lipinski definition) is 0.